The number of rotatable bonds is 0. The van der Waals surface area contributed by atoms with Crippen LogP contribution in [0.5, 0.6) is 0 Å². The van der Waals surface area contributed by atoms with Gasteiger partial charge in [0.05, 0.1) is 0 Å². The molecular weight excluding hydrogens is 96.1 g/mol. The van der Waals surface area contributed by atoms with Gasteiger partial charge in [0.25, 0.3) is 0 Å². The summed E-state index contributed by atoms with van der Waals surface area (Å²) < 4.78 is 0. The zero-order valence-electron chi connectivity index (χ0n) is 5.56. The Bertz CT molecular complexity index is 96.2. The maximum Gasteiger partial charge on any atom is -0.0360 e. The first-order chi connectivity index (χ1) is 3.88. The van der Waals surface area contributed by atoms with E-state index < -0.39 is 0 Å². The second kappa shape index (κ2) is 1.49. The number of hydrogen-bond acceptors (Lipinski definition) is 0. The van der Waals surface area contributed by atoms with Crippen LogP contribution in [0.2, 0.25) is 0 Å². The minimum absolute atomic E-state index is 1.09. The summed E-state index contributed by atoms with van der Waals surface area (Å²) >= 11 is 0. The minimum Gasteiger partial charge on any atom is -0.0622 e. The molecule has 0 N–H and O–H groups in total. The van der Waals surface area contributed by atoms with Crippen molar-refractivity contribution in [3.05, 3.63) is 0 Å². The Morgan fingerprint density at radius 3 is 2.62 bits per heavy atom. The van der Waals surface area contributed by atoms with Crippen molar-refractivity contribution in [2.24, 2.45) is 17.8 Å². The first-order valence-electron chi connectivity index (χ1n) is 3.88. The summed E-state index contributed by atoms with van der Waals surface area (Å²) in [5.74, 6) is 3.42. The molecule has 0 spiro atoms. The quantitative estimate of drug-likeness (QED) is 0.449. The van der Waals surface area contributed by atoms with Gasteiger partial charge >= 0.3 is 0 Å². The summed E-state index contributed by atoms with van der Waals surface area (Å²) in [6.45, 7) is 2.41. The van der Waals surface area contributed by atoms with Crippen LogP contribution in [0.1, 0.15) is 32.6 Å². The molecule has 2 aliphatic rings. The van der Waals surface area contributed by atoms with Crippen molar-refractivity contribution in [3.8, 4) is 0 Å². The van der Waals surface area contributed by atoms with Gasteiger partial charge in [-0.3, -0.25) is 0 Å². The van der Waals surface area contributed by atoms with E-state index in [9.17, 15) is 0 Å². The molecule has 0 aromatic heterocycles. The molecule has 3 atom stereocenters. The van der Waals surface area contributed by atoms with Gasteiger partial charge in [0.1, 0.15) is 0 Å². The van der Waals surface area contributed by atoms with E-state index in [1.807, 2.05) is 0 Å². The van der Waals surface area contributed by atoms with Crippen molar-refractivity contribution in [3.63, 3.8) is 0 Å². The second-order valence-electron chi connectivity index (χ2n) is 3.57. The normalized spacial score (nSPS) is 52.9. The van der Waals surface area contributed by atoms with Gasteiger partial charge in [-0.15, -0.1) is 0 Å². The molecule has 2 fully saturated rings. The standard InChI is InChI=1S/C8H14/c1-6-5-7-3-2-4-8(6)7/h6-8H,2-5H2,1H3/t6?,7-,8?/m1/s1. The number of hydrogen-bond donors (Lipinski definition) is 0. The highest BCUT2D eigenvalue weighted by atomic mass is 14.5. The molecule has 2 rings (SSSR count). The van der Waals surface area contributed by atoms with Crippen LogP contribution < -0.4 is 0 Å². The average Bonchev–Trinajstić information content (AvgIpc) is 2.09. The van der Waals surface area contributed by atoms with Crippen LogP contribution >= 0.6 is 0 Å². The molecular formula is C8H14. The zero-order chi connectivity index (χ0) is 5.56. The molecule has 0 heteroatoms. The molecule has 0 aromatic rings. The van der Waals surface area contributed by atoms with Gasteiger partial charge in [-0.05, 0) is 30.6 Å². The molecule has 0 nitrogen and oxygen atoms in total. The van der Waals surface area contributed by atoms with E-state index in [4.69, 9.17) is 0 Å². The first-order valence-corrected chi connectivity index (χ1v) is 3.88. The lowest BCUT2D eigenvalue weighted by Crippen LogP contribution is -2.29. The molecule has 0 aliphatic heterocycles. The predicted octanol–water partition coefficient (Wildman–Crippen LogP) is 2.44. The fraction of sp³-hybridized carbons (Fsp3) is 1.00. The molecule has 2 aliphatic carbocycles. The van der Waals surface area contributed by atoms with Crippen molar-refractivity contribution < 1.29 is 0 Å². The molecule has 0 aromatic carbocycles. The van der Waals surface area contributed by atoms with Crippen molar-refractivity contribution >= 4 is 0 Å². The van der Waals surface area contributed by atoms with Crippen LogP contribution in [0, 0.1) is 17.8 Å². The smallest absolute Gasteiger partial charge is 0.0360 e. The maximum absolute atomic E-state index is 2.41. The summed E-state index contributed by atoms with van der Waals surface area (Å²) in [5.41, 5.74) is 0. The Kier molecular flexibility index (Phi) is 0.902. The Labute approximate surface area is 51.3 Å². The van der Waals surface area contributed by atoms with E-state index in [0.29, 0.717) is 0 Å². The number of fused-ring (bicyclic) bond motifs is 1. The van der Waals surface area contributed by atoms with Gasteiger partial charge in [0, 0.05) is 0 Å². The molecule has 2 unspecified atom stereocenters. The molecule has 8 heavy (non-hydrogen) atoms. The molecule has 0 amide bonds. The van der Waals surface area contributed by atoms with Crippen molar-refractivity contribution in [2.45, 2.75) is 32.6 Å². The van der Waals surface area contributed by atoms with E-state index in [-0.39, 0.29) is 0 Å². The topological polar surface area (TPSA) is 0 Å². The lowest BCUT2D eigenvalue weighted by Gasteiger charge is -2.37. The van der Waals surface area contributed by atoms with E-state index in [1.165, 1.54) is 12.3 Å². The molecule has 0 bridgehead atoms. The summed E-state index contributed by atoms with van der Waals surface area (Å²) in [7, 11) is 0. The van der Waals surface area contributed by atoms with Gasteiger partial charge < -0.3 is 0 Å². The van der Waals surface area contributed by atoms with Gasteiger partial charge in [0.2, 0.25) is 0 Å². The molecule has 0 heterocycles. The maximum atomic E-state index is 2.41. The van der Waals surface area contributed by atoms with E-state index in [2.05, 4.69) is 6.92 Å². The van der Waals surface area contributed by atoms with E-state index >= 15 is 0 Å². The van der Waals surface area contributed by atoms with Gasteiger partial charge in [-0.1, -0.05) is 19.8 Å². The minimum atomic E-state index is 1.09. The Morgan fingerprint density at radius 1 is 1.25 bits per heavy atom. The third-order valence-corrected chi connectivity index (χ3v) is 3.12. The fourth-order valence-corrected chi connectivity index (χ4v) is 2.56. The Hall–Kier alpha value is 0. The predicted molar refractivity (Wildman–Crippen MR) is 34.6 cm³/mol. The van der Waals surface area contributed by atoms with Crippen LogP contribution in [0.4, 0.5) is 0 Å². The summed E-state index contributed by atoms with van der Waals surface area (Å²) in [4.78, 5) is 0. The van der Waals surface area contributed by atoms with Crippen molar-refractivity contribution in [2.75, 3.05) is 0 Å². The highest BCUT2D eigenvalue weighted by molar-refractivity contribution is 4.90. The lowest BCUT2D eigenvalue weighted by atomic mass is 9.68. The zero-order valence-corrected chi connectivity index (χ0v) is 5.56. The van der Waals surface area contributed by atoms with Crippen LogP contribution in [0.15, 0.2) is 0 Å². The highest BCUT2D eigenvalue weighted by Gasteiger charge is 2.40. The summed E-state index contributed by atoms with van der Waals surface area (Å²) in [6, 6.07) is 0. The SMILES string of the molecule is CC1C[C@H]2CCCC12. The molecule has 0 saturated heterocycles. The molecule has 0 radical (unpaired) electrons. The summed E-state index contributed by atoms with van der Waals surface area (Å²) in [5, 5.41) is 0. The molecule has 46 valence electrons. The van der Waals surface area contributed by atoms with E-state index in [0.717, 1.165) is 11.8 Å². The van der Waals surface area contributed by atoms with E-state index in [1.54, 1.807) is 19.3 Å². The lowest BCUT2D eigenvalue weighted by molar-refractivity contribution is 0.120. The summed E-state index contributed by atoms with van der Waals surface area (Å²) in [6.07, 6.45) is 6.17. The van der Waals surface area contributed by atoms with Crippen LogP contribution in [-0.2, 0) is 0 Å². The van der Waals surface area contributed by atoms with Gasteiger partial charge in [-0.2, -0.15) is 0 Å². The Morgan fingerprint density at radius 2 is 2.12 bits per heavy atom. The van der Waals surface area contributed by atoms with Crippen LogP contribution in [-0.4, -0.2) is 0 Å². The van der Waals surface area contributed by atoms with Gasteiger partial charge in [0.15, 0.2) is 0 Å². The van der Waals surface area contributed by atoms with Crippen molar-refractivity contribution in [1.29, 1.82) is 0 Å². The largest absolute Gasteiger partial charge is 0.0622 e. The fourth-order valence-electron chi connectivity index (χ4n) is 2.56. The highest BCUT2D eigenvalue weighted by Crippen LogP contribution is 2.50. The first kappa shape index (κ1) is 4.84. The monoisotopic (exact) mass is 110 g/mol. The second-order valence-corrected chi connectivity index (χ2v) is 3.57. The third-order valence-electron chi connectivity index (χ3n) is 3.12. The third kappa shape index (κ3) is 0.463. The Balaban J connectivity index is 2.02. The van der Waals surface area contributed by atoms with Gasteiger partial charge in [-0.25, -0.2) is 0 Å². The average molecular weight is 110 g/mol. The molecule has 2 saturated carbocycles. The van der Waals surface area contributed by atoms with Crippen LogP contribution in [0.3, 0.4) is 0 Å². The van der Waals surface area contributed by atoms with Crippen molar-refractivity contribution in [1.82, 2.24) is 0 Å². The van der Waals surface area contributed by atoms with Crippen LogP contribution in [0.25, 0.3) is 0 Å².